The molecule has 17 heteroatoms. The van der Waals surface area contributed by atoms with Crippen LogP contribution in [0.3, 0.4) is 0 Å². The van der Waals surface area contributed by atoms with Gasteiger partial charge in [0.2, 0.25) is 17.7 Å². The SMILES string of the molecule is C=CC1C[C@]1(NC(=O)C1C[C@@H]2CN1C(=O)C(C(C)(C)C)NC(=O)OC1CC1CCCCCc1nc3ccc(OC)cc3nc1O2)C(=O)[N-]S(=O)(=O)C1CC1.[K+]. The van der Waals surface area contributed by atoms with Gasteiger partial charge in [0.05, 0.1) is 46.2 Å². The number of ether oxygens (including phenoxy) is 3. The van der Waals surface area contributed by atoms with Crippen molar-refractivity contribution in [2.75, 3.05) is 13.7 Å². The van der Waals surface area contributed by atoms with Crippen LogP contribution in [0, 0.1) is 17.3 Å². The molecule has 1 aromatic carbocycles. The Balaban J connectivity index is 0.00000514. The standard InChI is InChI=1S/C38H50N6O9S.K/c1-6-22-19-38(22,35(47)43-54(49,50)25-13-14-25)42-32(45)29-18-24-20-44(29)34(46)31(37(2,3)4)41-36(48)53-30-16-21(30)10-8-7-9-11-27-33(52-24)40-28-17-23(51-5)12-15-26(28)39-27;/h6,12,15,17,21-22,24-25,29-31H,1,7-11,13-14,16,18-20H2,2-5H3,(H3,41,42,43,45,47,48);/q;+1/p-1/t21?,22?,24-,29?,30?,31?,38-;/m1./s1. The number of methoxy groups -OCH3 is 1. The molecule has 5 unspecified atom stereocenters. The summed E-state index contributed by atoms with van der Waals surface area (Å²) in [6.07, 6.45) is 5.77. The summed E-state index contributed by atoms with van der Waals surface area (Å²) < 4.78 is 46.6. The number of hydrogen-bond acceptors (Lipinski definition) is 11. The van der Waals surface area contributed by atoms with E-state index in [2.05, 4.69) is 21.9 Å². The Hall–Kier alpha value is -2.83. The molecule has 7 atom stereocenters. The number of hydrogen-bond donors (Lipinski definition) is 2. The third-order valence-electron chi connectivity index (χ3n) is 11.2. The monoisotopic (exact) mass is 804 g/mol. The van der Waals surface area contributed by atoms with Crippen LogP contribution in [0.2, 0.25) is 0 Å². The van der Waals surface area contributed by atoms with Gasteiger partial charge in [-0.3, -0.25) is 9.59 Å². The van der Waals surface area contributed by atoms with Crippen molar-refractivity contribution < 1.29 is 93.2 Å². The van der Waals surface area contributed by atoms with Crippen molar-refractivity contribution in [3.63, 3.8) is 0 Å². The second-order valence-corrected chi connectivity index (χ2v) is 18.3. The van der Waals surface area contributed by atoms with Crippen LogP contribution in [0.5, 0.6) is 11.6 Å². The number of sulfonamides is 1. The summed E-state index contributed by atoms with van der Waals surface area (Å²) in [6, 6.07) is 3.17. The van der Waals surface area contributed by atoms with Gasteiger partial charge in [-0.05, 0) is 68.4 Å². The van der Waals surface area contributed by atoms with E-state index < -0.39 is 74.1 Å². The van der Waals surface area contributed by atoms with E-state index in [0.29, 0.717) is 41.7 Å². The molecule has 2 bridgehead atoms. The molecular weight excluding hydrogens is 756 g/mol. The first-order valence-electron chi connectivity index (χ1n) is 18.9. The van der Waals surface area contributed by atoms with Crippen LogP contribution >= 0.6 is 0 Å². The van der Waals surface area contributed by atoms with Crippen LogP contribution in [0.4, 0.5) is 4.79 Å². The van der Waals surface area contributed by atoms with Crippen LogP contribution in [0.1, 0.15) is 84.3 Å². The zero-order chi connectivity index (χ0) is 38.6. The third-order valence-corrected chi connectivity index (χ3v) is 12.9. The third kappa shape index (κ3) is 9.17. The minimum absolute atomic E-state index is 0. The number of amides is 4. The summed E-state index contributed by atoms with van der Waals surface area (Å²) in [7, 11) is -2.46. The largest absolute Gasteiger partial charge is 1.00 e. The molecule has 2 aliphatic heterocycles. The van der Waals surface area contributed by atoms with Gasteiger partial charge < -0.3 is 39.3 Å². The Morgan fingerprint density at radius 3 is 2.53 bits per heavy atom. The molecule has 1 aromatic heterocycles. The first-order valence-corrected chi connectivity index (χ1v) is 20.4. The molecule has 3 aliphatic carbocycles. The number of carbonyl (C=O) groups is 4. The van der Waals surface area contributed by atoms with E-state index in [1.807, 2.05) is 12.1 Å². The van der Waals surface area contributed by atoms with E-state index in [1.54, 1.807) is 33.9 Å². The maximum absolute atomic E-state index is 14.6. The van der Waals surface area contributed by atoms with Crippen molar-refractivity contribution in [1.29, 1.82) is 0 Å². The van der Waals surface area contributed by atoms with Crippen LogP contribution in [0.25, 0.3) is 15.8 Å². The van der Waals surface area contributed by atoms with Gasteiger partial charge in [-0.25, -0.2) is 23.2 Å². The molecule has 2 aromatic rings. The average Bonchev–Trinajstić information content (AvgIpc) is 4.04. The molecule has 292 valence electrons. The number of alkyl carbamates (subject to hydrolysis) is 1. The number of rotatable bonds is 7. The molecule has 4 amide bonds. The molecule has 2 N–H and O–H groups in total. The summed E-state index contributed by atoms with van der Waals surface area (Å²) in [5.74, 6) is -1.59. The van der Waals surface area contributed by atoms with E-state index >= 15 is 0 Å². The summed E-state index contributed by atoms with van der Waals surface area (Å²) in [6.45, 7) is 9.14. The second kappa shape index (κ2) is 16.2. The number of fused-ring (bicyclic) bond motifs is 5. The molecule has 7 rings (SSSR count). The van der Waals surface area contributed by atoms with Crippen molar-refractivity contribution in [3.05, 3.63) is 41.3 Å². The van der Waals surface area contributed by atoms with Crippen molar-refractivity contribution in [2.45, 2.75) is 120 Å². The van der Waals surface area contributed by atoms with Crippen molar-refractivity contribution in [1.82, 2.24) is 25.5 Å². The van der Waals surface area contributed by atoms with E-state index in [-0.39, 0.29) is 88.7 Å². The zero-order valence-corrected chi connectivity index (χ0v) is 36.1. The summed E-state index contributed by atoms with van der Waals surface area (Å²) >= 11 is 0. The average molecular weight is 805 g/mol. The number of aromatic nitrogens is 2. The Kier molecular flexibility index (Phi) is 12.3. The van der Waals surface area contributed by atoms with Crippen LogP contribution < -0.4 is 71.5 Å². The van der Waals surface area contributed by atoms with Gasteiger partial charge >= 0.3 is 57.5 Å². The number of nitrogens with one attached hydrogen (secondary N) is 2. The van der Waals surface area contributed by atoms with Crippen LogP contribution in [-0.4, -0.2) is 95.8 Å². The molecule has 3 saturated carbocycles. The van der Waals surface area contributed by atoms with E-state index in [1.165, 1.54) is 11.0 Å². The van der Waals surface area contributed by atoms with E-state index in [0.717, 1.165) is 32.1 Å². The topological polar surface area (TPSA) is 197 Å². The fraction of sp³-hybridized carbons (Fsp3) is 0.632. The predicted molar refractivity (Wildman–Crippen MR) is 197 cm³/mol. The van der Waals surface area contributed by atoms with Gasteiger partial charge in [-0.15, -0.1) is 6.58 Å². The first kappa shape index (κ1) is 41.8. The fourth-order valence-electron chi connectivity index (χ4n) is 7.58. The number of nitrogens with zero attached hydrogens (tertiary/aromatic N) is 4. The molecular formula is C38H49KN6O9S. The molecule has 15 nitrogen and oxygen atoms in total. The number of benzene rings is 1. The van der Waals surface area contributed by atoms with Gasteiger partial charge in [-0.1, -0.05) is 39.7 Å². The second-order valence-electron chi connectivity index (χ2n) is 16.4. The van der Waals surface area contributed by atoms with Gasteiger partial charge in [0, 0.05) is 23.7 Å². The minimum Gasteiger partial charge on any atom is -0.544 e. The molecule has 0 radical (unpaired) electrons. The number of carbonyl (C=O) groups excluding carboxylic acids is 4. The molecule has 55 heavy (non-hydrogen) atoms. The van der Waals surface area contributed by atoms with Crippen LogP contribution in [0.15, 0.2) is 30.9 Å². The van der Waals surface area contributed by atoms with Gasteiger partial charge in [-0.2, -0.15) is 0 Å². The Bertz CT molecular complexity index is 1970. The Labute approximate surface area is 364 Å². The zero-order valence-electron chi connectivity index (χ0n) is 32.2. The normalized spacial score (nSPS) is 29.7. The molecule has 5 aliphatic rings. The van der Waals surface area contributed by atoms with E-state index in [9.17, 15) is 27.6 Å². The first-order chi connectivity index (χ1) is 25.6. The smallest absolute Gasteiger partial charge is 0.544 e. The summed E-state index contributed by atoms with van der Waals surface area (Å²) in [5, 5.41) is 4.87. The van der Waals surface area contributed by atoms with Gasteiger partial charge in [0.15, 0.2) is 0 Å². The molecule has 3 heterocycles. The Morgan fingerprint density at radius 2 is 1.85 bits per heavy atom. The molecule has 0 spiro atoms. The summed E-state index contributed by atoms with van der Waals surface area (Å²) in [5.41, 5.74) is -0.522. The van der Waals surface area contributed by atoms with Crippen molar-refractivity contribution >= 4 is 44.9 Å². The minimum atomic E-state index is -4.03. The fourth-order valence-corrected chi connectivity index (χ4v) is 8.85. The van der Waals surface area contributed by atoms with Gasteiger partial charge in [0.1, 0.15) is 35.7 Å². The van der Waals surface area contributed by atoms with Crippen molar-refractivity contribution in [3.8, 4) is 11.6 Å². The van der Waals surface area contributed by atoms with E-state index in [4.69, 9.17) is 24.2 Å². The van der Waals surface area contributed by atoms with Crippen LogP contribution in [-0.2, 0) is 35.6 Å². The number of aryl methyl sites for hydroxylation is 1. The maximum atomic E-state index is 14.6. The van der Waals surface area contributed by atoms with Gasteiger partial charge in [0.25, 0.3) is 0 Å². The maximum Gasteiger partial charge on any atom is 1.00 e. The molecule has 4 fully saturated rings. The van der Waals surface area contributed by atoms with Crippen molar-refractivity contribution in [2.24, 2.45) is 17.3 Å². The molecule has 1 saturated heterocycles. The quantitative estimate of drug-likeness (QED) is 0.300. The Morgan fingerprint density at radius 1 is 1.09 bits per heavy atom. The summed E-state index contributed by atoms with van der Waals surface area (Å²) in [4.78, 5) is 66.7. The predicted octanol–water partition coefficient (Wildman–Crippen LogP) is 1.09.